The average Bonchev–Trinajstić information content (AvgIpc) is 2.53. The molecule has 1 fully saturated rings. The molecule has 1 aromatic rings. The summed E-state index contributed by atoms with van der Waals surface area (Å²) in [6.07, 6.45) is 0.571. The summed E-state index contributed by atoms with van der Waals surface area (Å²) in [5, 5.41) is 8.69. The predicted molar refractivity (Wildman–Crippen MR) is 66.6 cm³/mol. The molecule has 1 unspecified atom stereocenters. The van der Waals surface area contributed by atoms with Crippen molar-refractivity contribution in [1.29, 1.82) is 5.26 Å². The van der Waals surface area contributed by atoms with Gasteiger partial charge < -0.3 is 14.4 Å². The molecule has 7 heteroatoms. The molecule has 0 aliphatic carbocycles. The quantitative estimate of drug-likeness (QED) is 0.703. The van der Waals surface area contributed by atoms with E-state index >= 15 is 0 Å². The van der Waals surface area contributed by atoms with Crippen LogP contribution in [0.4, 0.5) is 0 Å². The van der Waals surface area contributed by atoms with E-state index in [1.807, 2.05) is 6.07 Å². The van der Waals surface area contributed by atoms with Gasteiger partial charge in [0.1, 0.15) is 11.8 Å². The number of nitriles is 1. The van der Waals surface area contributed by atoms with Gasteiger partial charge in [-0.05, 0) is 12.1 Å². The highest BCUT2D eigenvalue weighted by atomic mass is 16.6. The van der Waals surface area contributed by atoms with E-state index in [0.717, 1.165) is 0 Å². The Kier molecular flexibility index (Phi) is 4.27. The lowest BCUT2D eigenvalue weighted by atomic mass is 10.2. The second kappa shape index (κ2) is 6.12. The fourth-order valence-electron chi connectivity index (χ4n) is 1.86. The first-order valence-electron chi connectivity index (χ1n) is 6.00. The van der Waals surface area contributed by atoms with Gasteiger partial charge in [-0.3, -0.25) is 4.79 Å². The maximum Gasteiger partial charge on any atom is 0.336 e. The van der Waals surface area contributed by atoms with Gasteiger partial charge in [0.05, 0.1) is 25.8 Å². The SMILES string of the molecule is COC(=O)C1CN(C(=O)c2ccc(C#N)cn2)CCO1. The summed E-state index contributed by atoms with van der Waals surface area (Å²) in [4.78, 5) is 29.1. The number of esters is 1. The average molecular weight is 275 g/mol. The number of morpholine rings is 1. The van der Waals surface area contributed by atoms with Crippen LogP contribution >= 0.6 is 0 Å². The maximum atomic E-state index is 12.2. The number of amides is 1. The van der Waals surface area contributed by atoms with Gasteiger partial charge in [-0.1, -0.05) is 0 Å². The van der Waals surface area contributed by atoms with E-state index in [1.54, 1.807) is 0 Å². The second-order valence-electron chi connectivity index (χ2n) is 4.18. The molecular weight excluding hydrogens is 262 g/mol. The Balaban J connectivity index is 2.08. The molecule has 0 radical (unpaired) electrons. The van der Waals surface area contributed by atoms with Crippen LogP contribution in [0.25, 0.3) is 0 Å². The standard InChI is InChI=1S/C13H13N3O4/c1-19-13(18)11-8-16(4-5-20-11)12(17)10-3-2-9(6-14)7-15-10/h2-3,7,11H,4-5,8H2,1H3. The Labute approximate surface area is 115 Å². The van der Waals surface area contributed by atoms with Crippen LogP contribution < -0.4 is 0 Å². The van der Waals surface area contributed by atoms with E-state index in [2.05, 4.69) is 9.72 Å². The van der Waals surface area contributed by atoms with Crippen molar-refractivity contribution in [3.63, 3.8) is 0 Å². The molecule has 1 aliphatic rings. The minimum atomic E-state index is -0.768. The maximum absolute atomic E-state index is 12.2. The first-order valence-corrected chi connectivity index (χ1v) is 6.00. The Morgan fingerprint density at radius 2 is 2.35 bits per heavy atom. The van der Waals surface area contributed by atoms with E-state index in [1.165, 1.54) is 30.3 Å². The van der Waals surface area contributed by atoms with Crippen LogP contribution in [0, 0.1) is 11.3 Å². The number of ether oxygens (including phenoxy) is 2. The largest absolute Gasteiger partial charge is 0.467 e. The zero-order chi connectivity index (χ0) is 14.5. The Morgan fingerprint density at radius 3 is 2.95 bits per heavy atom. The number of hydrogen-bond acceptors (Lipinski definition) is 6. The molecule has 1 amide bonds. The van der Waals surface area contributed by atoms with Crippen molar-refractivity contribution in [1.82, 2.24) is 9.88 Å². The Morgan fingerprint density at radius 1 is 1.55 bits per heavy atom. The number of methoxy groups -OCH3 is 1. The molecule has 20 heavy (non-hydrogen) atoms. The molecule has 0 bridgehead atoms. The topological polar surface area (TPSA) is 92.5 Å². The van der Waals surface area contributed by atoms with Gasteiger partial charge in [0.15, 0.2) is 6.10 Å². The molecule has 2 heterocycles. The highest BCUT2D eigenvalue weighted by Crippen LogP contribution is 2.11. The van der Waals surface area contributed by atoms with Crippen molar-refractivity contribution in [3.8, 4) is 6.07 Å². The van der Waals surface area contributed by atoms with E-state index < -0.39 is 12.1 Å². The van der Waals surface area contributed by atoms with Crippen LogP contribution in [0.3, 0.4) is 0 Å². The summed E-state index contributed by atoms with van der Waals surface area (Å²) in [5.41, 5.74) is 0.616. The molecular formula is C13H13N3O4. The van der Waals surface area contributed by atoms with Crippen LogP contribution in [0.15, 0.2) is 18.3 Å². The highest BCUT2D eigenvalue weighted by molar-refractivity contribution is 5.92. The van der Waals surface area contributed by atoms with Crippen molar-refractivity contribution in [2.45, 2.75) is 6.10 Å². The summed E-state index contributed by atoms with van der Waals surface area (Å²) in [6.45, 7) is 0.781. The molecule has 0 spiro atoms. The molecule has 7 nitrogen and oxygen atoms in total. The van der Waals surface area contributed by atoms with E-state index in [4.69, 9.17) is 10.00 Å². The number of pyridine rings is 1. The van der Waals surface area contributed by atoms with Gasteiger partial charge in [0.25, 0.3) is 5.91 Å². The van der Waals surface area contributed by atoms with Gasteiger partial charge in [0, 0.05) is 12.7 Å². The summed E-state index contributed by atoms with van der Waals surface area (Å²) in [6, 6.07) is 4.95. The Bertz CT molecular complexity index is 550. The Hall–Kier alpha value is -2.46. The first kappa shape index (κ1) is 14.0. The normalized spacial score (nSPS) is 18.2. The van der Waals surface area contributed by atoms with Gasteiger partial charge in [0.2, 0.25) is 0 Å². The molecule has 104 valence electrons. The van der Waals surface area contributed by atoms with Crippen LogP contribution in [0.2, 0.25) is 0 Å². The lowest BCUT2D eigenvalue weighted by Crippen LogP contribution is -2.49. The molecule has 1 aromatic heterocycles. The molecule has 0 aromatic carbocycles. The summed E-state index contributed by atoms with van der Waals surface area (Å²) >= 11 is 0. The first-order chi connectivity index (χ1) is 9.65. The molecule has 0 N–H and O–H groups in total. The van der Waals surface area contributed by atoms with Gasteiger partial charge >= 0.3 is 5.97 Å². The van der Waals surface area contributed by atoms with Crippen molar-refractivity contribution in [3.05, 3.63) is 29.6 Å². The van der Waals surface area contributed by atoms with Crippen molar-refractivity contribution >= 4 is 11.9 Å². The number of carbonyl (C=O) groups is 2. The van der Waals surface area contributed by atoms with Crippen molar-refractivity contribution in [2.75, 3.05) is 26.8 Å². The number of hydrogen-bond donors (Lipinski definition) is 0. The highest BCUT2D eigenvalue weighted by Gasteiger charge is 2.30. The minimum Gasteiger partial charge on any atom is -0.467 e. The lowest BCUT2D eigenvalue weighted by molar-refractivity contribution is -0.158. The third-order valence-corrected chi connectivity index (χ3v) is 2.93. The minimum absolute atomic E-state index is 0.132. The zero-order valence-electron chi connectivity index (χ0n) is 10.9. The fraction of sp³-hybridized carbons (Fsp3) is 0.385. The summed E-state index contributed by atoms with van der Waals surface area (Å²) < 4.78 is 9.85. The fourth-order valence-corrected chi connectivity index (χ4v) is 1.86. The predicted octanol–water partition coefficient (Wildman–Crippen LogP) is -0.0327. The number of rotatable bonds is 2. The van der Waals surface area contributed by atoms with E-state index in [-0.39, 0.29) is 24.8 Å². The number of nitrogens with zero attached hydrogens (tertiary/aromatic N) is 3. The number of carbonyl (C=O) groups excluding carboxylic acids is 2. The molecule has 2 rings (SSSR count). The molecule has 1 saturated heterocycles. The zero-order valence-corrected chi connectivity index (χ0v) is 10.9. The third-order valence-electron chi connectivity index (χ3n) is 2.93. The molecule has 0 saturated carbocycles. The summed E-state index contributed by atoms with van der Waals surface area (Å²) in [5.74, 6) is -0.804. The van der Waals surface area contributed by atoms with Crippen LogP contribution in [0.1, 0.15) is 16.1 Å². The van der Waals surface area contributed by atoms with E-state index in [0.29, 0.717) is 12.1 Å². The van der Waals surface area contributed by atoms with Crippen molar-refractivity contribution < 1.29 is 19.1 Å². The molecule has 1 atom stereocenters. The van der Waals surface area contributed by atoms with Gasteiger partial charge in [-0.25, -0.2) is 9.78 Å². The number of aromatic nitrogens is 1. The monoisotopic (exact) mass is 275 g/mol. The smallest absolute Gasteiger partial charge is 0.336 e. The third kappa shape index (κ3) is 2.92. The second-order valence-corrected chi connectivity index (χ2v) is 4.18. The van der Waals surface area contributed by atoms with Gasteiger partial charge in [-0.15, -0.1) is 0 Å². The van der Waals surface area contributed by atoms with Crippen LogP contribution in [-0.2, 0) is 14.3 Å². The molecule has 1 aliphatic heterocycles. The van der Waals surface area contributed by atoms with Gasteiger partial charge in [-0.2, -0.15) is 5.26 Å². The van der Waals surface area contributed by atoms with Crippen LogP contribution in [0.5, 0.6) is 0 Å². The van der Waals surface area contributed by atoms with E-state index in [9.17, 15) is 9.59 Å². The summed E-state index contributed by atoms with van der Waals surface area (Å²) in [7, 11) is 1.27. The van der Waals surface area contributed by atoms with Crippen LogP contribution in [-0.4, -0.2) is 54.7 Å². The lowest BCUT2D eigenvalue weighted by Gasteiger charge is -2.31. The van der Waals surface area contributed by atoms with Crippen molar-refractivity contribution in [2.24, 2.45) is 0 Å².